The number of hydrogen-bond donors (Lipinski definition) is 2. The molecular weight excluding hydrogens is 218 g/mol. The largest absolute Gasteiger partial charge is 0.479 e. The summed E-state index contributed by atoms with van der Waals surface area (Å²) < 4.78 is 5.69. The molecule has 1 atom stereocenters. The summed E-state index contributed by atoms with van der Waals surface area (Å²) in [5, 5.41) is 8.89. The Bertz CT molecular complexity index is 247. The van der Waals surface area contributed by atoms with Gasteiger partial charge in [-0.3, -0.25) is 0 Å². The Morgan fingerprint density at radius 3 is 2.53 bits per heavy atom. The standard InChI is InChI=1S/C13H25NO3/c1-3-4-11-5-7-13(9-14,8-6-11)17-10(2)12(15)16/h10-11H,3-9,14H2,1-2H3,(H,15,16). The van der Waals surface area contributed by atoms with Crippen molar-refractivity contribution in [1.82, 2.24) is 0 Å². The van der Waals surface area contributed by atoms with Crippen LogP contribution in [0.1, 0.15) is 52.4 Å². The zero-order valence-corrected chi connectivity index (χ0v) is 10.9. The Kier molecular flexibility index (Phi) is 5.40. The lowest BCUT2D eigenvalue weighted by Crippen LogP contribution is -2.47. The maximum absolute atomic E-state index is 10.8. The Balaban J connectivity index is 2.51. The number of carbonyl (C=O) groups is 1. The first-order valence-corrected chi connectivity index (χ1v) is 6.63. The van der Waals surface area contributed by atoms with Gasteiger partial charge < -0.3 is 15.6 Å². The van der Waals surface area contributed by atoms with E-state index in [1.807, 2.05) is 0 Å². The smallest absolute Gasteiger partial charge is 0.332 e. The number of carboxylic acids is 1. The van der Waals surface area contributed by atoms with E-state index in [0.29, 0.717) is 6.54 Å². The number of carboxylic acid groups (broad SMARTS) is 1. The summed E-state index contributed by atoms with van der Waals surface area (Å²) in [5.41, 5.74) is 5.39. The molecule has 1 saturated carbocycles. The summed E-state index contributed by atoms with van der Waals surface area (Å²) in [5.74, 6) is -0.142. The molecule has 0 spiro atoms. The molecule has 17 heavy (non-hydrogen) atoms. The first-order chi connectivity index (χ1) is 8.03. The molecule has 1 aliphatic carbocycles. The van der Waals surface area contributed by atoms with Crippen LogP contribution in [0.5, 0.6) is 0 Å². The van der Waals surface area contributed by atoms with E-state index < -0.39 is 17.7 Å². The molecule has 0 heterocycles. The fourth-order valence-corrected chi connectivity index (χ4v) is 2.70. The topological polar surface area (TPSA) is 72.5 Å². The summed E-state index contributed by atoms with van der Waals surface area (Å²) in [4.78, 5) is 10.8. The molecule has 100 valence electrons. The average molecular weight is 243 g/mol. The van der Waals surface area contributed by atoms with Crippen LogP contribution in [0.2, 0.25) is 0 Å². The molecule has 1 unspecified atom stereocenters. The van der Waals surface area contributed by atoms with Gasteiger partial charge in [0, 0.05) is 6.54 Å². The first-order valence-electron chi connectivity index (χ1n) is 6.63. The third-order valence-corrected chi connectivity index (χ3v) is 3.86. The SMILES string of the molecule is CCCC1CCC(CN)(OC(C)C(=O)O)CC1. The Morgan fingerprint density at radius 1 is 1.53 bits per heavy atom. The summed E-state index contributed by atoms with van der Waals surface area (Å²) in [6.07, 6.45) is 5.72. The molecule has 1 fully saturated rings. The molecule has 3 N–H and O–H groups in total. The highest BCUT2D eigenvalue weighted by Crippen LogP contribution is 2.36. The number of ether oxygens (including phenoxy) is 1. The van der Waals surface area contributed by atoms with E-state index in [2.05, 4.69) is 6.92 Å². The molecule has 1 rings (SSSR count). The van der Waals surface area contributed by atoms with E-state index in [9.17, 15) is 4.79 Å². The molecule has 0 radical (unpaired) electrons. The lowest BCUT2D eigenvalue weighted by atomic mass is 9.77. The maximum atomic E-state index is 10.8. The van der Waals surface area contributed by atoms with Gasteiger partial charge in [0.25, 0.3) is 0 Å². The molecule has 0 aromatic rings. The maximum Gasteiger partial charge on any atom is 0.332 e. The third kappa shape index (κ3) is 3.96. The number of hydrogen-bond acceptors (Lipinski definition) is 3. The van der Waals surface area contributed by atoms with Gasteiger partial charge in [-0.15, -0.1) is 0 Å². The molecule has 0 aromatic heterocycles. The van der Waals surface area contributed by atoms with Crippen LogP contribution in [0.25, 0.3) is 0 Å². The van der Waals surface area contributed by atoms with Gasteiger partial charge in [-0.2, -0.15) is 0 Å². The van der Waals surface area contributed by atoms with Crippen molar-refractivity contribution in [2.24, 2.45) is 11.7 Å². The van der Waals surface area contributed by atoms with Crippen LogP contribution in [-0.4, -0.2) is 29.3 Å². The predicted molar refractivity (Wildman–Crippen MR) is 66.8 cm³/mol. The van der Waals surface area contributed by atoms with Crippen molar-refractivity contribution in [2.45, 2.75) is 64.1 Å². The molecule has 1 aliphatic rings. The van der Waals surface area contributed by atoms with Crippen LogP contribution in [0.4, 0.5) is 0 Å². The van der Waals surface area contributed by atoms with Crippen LogP contribution < -0.4 is 5.73 Å². The highest BCUT2D eigenvalue weighted by atomic mass is 16.5. The van der Waals surface area contributed by atoms with Crippen LogP contribution in [-0.2, 0) is 9.53 Å². The fourth-order valence-electron chi connectivity index (χ4n) is 2.70. The minimum Gasteiger partial charge on any atom is -0.479 e. The molecule has 0 saturated heterocycles. The van der Waals surface area contributed by atoms with Crippen molar-refractivity contribution in [1.29, 1.82) is 0 Å². The Hall–Kier alpha value is -0.610. The summed E-state index contributed by atoms with van der Waals surface area (Å²) in [7, 11) is 0. The van der Waals surface area contributed by atoms with Gasteiger partial charge in [-0.05, 0) is 38.5 Å². The van der Waals surface area contributed by atoms with Gasteiger partial charge in [0.1, 0.15) is 0 Å². The van der Waals surface area contributed by atoms with Crippen LogP contribution in [0, 0.1) is 5.92 Å². The second-order valence-electron chi connectivity index (χ2n) is 5.22. The van der Waals surface area contributed by atoms with Crippen molar-refractivity contribution >= 4 is 5.97 Å². The van der Waals surface area contributed by atoms with Crippen LogP contribution in [0.3, 0.4) is 0 Å². The highest BCUT2D eigenvalue weighted by Gasteiger charge is 2.37. The Labute approximate surface area is 104 Å². The minimum atomic E-state index is -0.909. The van der Waals surface area contributed by atoms with E-state index in [1.165, 1.54) is 12.8 Å². The van der Waals surface area contributed by atoms with Crippen molar-refractivity contribution < 1.29 is 14.6 Å². The van der Waals surface area contributed by atoms with E-state index >= 15 is 0 Å². The van der Waals surface area contributed by atoms with Gasteiger partial charge >= 0.3 is 5.97 Å². The van der Waals surface area contributed by atoms with E-state index in [0.717, 1.165) is 31.6 Å². The van der Waals surface area contributed by atoms with Crippen LogP contribution in [0.15, 0.2) is 0 Å². The summed E-state index contributed by atoms with van der Waals surface area (Å²) >= 11 is 0. The number of rotatable bonds is 6. The number of aliphatic carboxylic acids is 1. The van der Waals surface area contributed by atoms with Crippen molar-refractivity contribution in [3.05, 3.63) is 0 Å². The second-order valence-corrected chi connectivity index (χ2v) is 5.22. The van der Waals surface area contributed by atoms with Crippen molar-refractivity contribution in [3.8, 4) is 0 Å². The van der Waals surface area contributed by atoms with Gasteiger partial charge in [0.05, 0.1) is 5.60 Å². The summed E-state index contributed by atoms with van der Waals surface area (Å²) in [6.45, 7) is 4.20. The van der Waals surface area contributed by atoms with E-state index in [1.54, 1.807) is 6.92 Å². The first kappa shape index (κ1) is 14.5. The average Bonchev–Trinajstić information content (AvgIpc) is 2.32. The molecular formula is C13H25NO3. The van der Waals surface area contributed by atoms with E-state index in [4.69, 9.17) is 15.6 Å². The van der Waals surface area contributed by atoms with Gasteiger partial charge in [-0.25, -0.2) is 4.79 Å². The summed E-state index contributed by atoms with van der Waals surface area (Å²) in [6, 6.07) is 0. The minimum absolute atomic E-state index is 0.401. The van der Waals surface area contributed by atoms with Gasteiger partial charge in [0.2, 0.25) is 0 Å². The zero-order chi connectivity index (χ0) is 12.9. The quantitative estimate of drug-likeness (QED) is 0.750. The monoisotopic (exact) mass is 243 g/mol. The normalized spacial score (nSPS) is 31.1. The lowest BCUT2D eigenvalue weighted by Gasteiger charge is -2.40. The van der Waals surface area contributed by atoms with E-state index in [-0.39, 0.29) is 0 Å². The van der Waals surface area contributed by atoms with Crippen LogP contribution >= 0.6 is 0 Å². The molecule has 0 amide bonds. The fraction of sp³-hybridized carbons (Fsp3) is 0.923. The molecule has 0 aliphatic heterocycles. The van der Waals surface area contributed by atoms with Gasteiger partial charge in [0.15, 0.2) is 6.10 Å². The molecule has 0 aromatic carbocycles. The Morgan fingerprint density at radius 2 is 2.12 bits per heavy atom. The van der Waals surface area contributed by atoms with Gasteiger partial charge in [-0.1, -0.05) is 19.8 Å². The number of nitrogens with two attached hydrogens (primary N) is 1. The third-order valence-electron chi connectivity index (χ3n) is 3.86. The van der Waals surface area contributed by atoms with Crippen molar-refractivity contribution in [3.63, 3.8) is 0 Å². The second kappa shape index (κ2) is 6.36. The highest BCUT2D eigenvalue weighted by molar-refractivity contribution is 5.71. The molecule has 4 nitrogen and oxygen atoms in total. The predicted octanol–water partition coefficient (Wildman–Crippen LogP) is 2.16. The molecule has 0 bridgehead atoms. The lowest BCUT2D eigenvalue weighted by molar-refractivity contribution is -0.166. The molecule has 4 heteroatoms. The zero-order valence-electron chi connectivity index (χ0n) is 10.9. The van der Waals surface area contributed by atoms with Crippen molar-refractivity contribution in [2.75, 3.05) is 6.54 Å².